The van der Waals surface area contributed by atoms with Gasteiger partial charge in [-0.25, -0.2) is 0 Å². The predicted molar refractivity (Wildman–Crippen MR) is 155 cm³/mol. The maximum absolute atomic E-state index is 13.6. The standard InChI is InChI=1S/C31H40N4O5/c1-7-23(36)19-32-30(37)24(17-16-22-12-9-8-10-13-22)33-31(38)25-18-26(35(34-25)21(4)20(2)3)29-27(39-5)14-11-15-28(29)40-6/h8-15,18,20-21,24H,7,16-17,19H2,1-6H3,(H,32,37)(H,33,38)/t21?,24-/m0/s1. The number of hydrogen-bond donors (Lipinski definition) is 2. The lowest BCUT2D eigenvalue weighted by atomic mass is 10.0. The molecule has 0 aliphatic carbocycles. The average Bonchev–Trinajstić information content (AvgIpc) is 3.42. The van der Waals surface area contributed by atoms with Gasteiger partial charge in [0.1, 0.15) is 17.5 Å². The number of hydrogen-bond acceptors (Lipinski definition) is 6. The number of Topliss-reactive ketones (excluding diaryl/α,β-unsaturated/α-hetero) is 1. The molecular weight excluding hydrogens is 508 g/mol. The van der Waals surface area contributed by atoms with E-state index in [0.29, 0.717) is 42.0 Å². The van der Waals surface area contributed by atoms with Crippen molar-refractivity contribution in [1.29, 1.82) is 0 Å². The number of nitrogens with one attached hydrogen (secondary N) is 2. The third-order valence-corrected chi connectivity index (χ3v) is 7.04. The highest BCUT2D eigenvalue weighted by Crippen LogP contribution is 2.40. The minimum absolute atomic E-state index is 0.0524. The van der Waals surface area contributed by atoms with Crippen LogP contribution in [0.2, 0.25) is 0 Å². The van der Waals surface area contributed by atoms with E-state index in [1.807, 2.05) is 55.5 Å². The first kappa shape index (κ1) is 30.4. The first-order valence-corrected chi connectivity index (χ1v) is 13.6. The van der Waals surface area contributed by atoms with E-state index in [1.54, 1.807) is 31.9 Å². The van der Waals surface area contributed by atoms with Crippen LogP contribution >= 0.6 is 0 Å². The van der Waals surface area contributed by atoms with Crippen molar-refractivity contribution in [2.75, 3.05) is 20.8 Å². The molecule has 0 fully saturated rings. The Morgan fingerprint density at radius 3 is 2.17 bits per heavy atom. The molecule has 1 aromatic heterocycles. The second-order valence-electron chi connectivity index (χ2n) is 10.0. The molecule has 2 amide bonds. The molecule has 1 unspecified atom stereocenters. The smallest absolute Gasteiger partial charge is 0.272 e. The third kappa shape index (κ3) is 7.49. The van der Waals surface area contributed by atoms with Crippen LogP contribution in [0.1, 0.15) is 62.6 Å². The van der Waals surface area contributed by atoms with Gasteiger partial charge in [-0.15, -0.1) is 0 Å². The fourth-order valence-corrected chi connectivity index (χ4v) is 4.28. The number of carbonyl (C=O) groups is 3. The summed E-state index contributed by atoms with van der Waals surface area (Å²) in [6, 6.07) is 16.0. The molecule has 0 aliphatic heterocycles. The summed E-state index contributed by atoms with van der Waals surface area (Å²) < 4.78 is 13.1. The highest BCUT2D eigenvalue weighted by Gasteiger charge is 2.27. The number of benzene rings is 2. The number of rotatable bonds is 14. The SMILES string of the molecule is CCC(=O)CNC(=O)[C@H](CCc1ccccc1)NC(=O)c1cc(-c2c(OC)cccc2OC)n(C(C)C(C)C)n1. The summed E-state index contributed by atoms with van der Waals surface area (Å²) in [5, 5.41) is 10.2. The van der Waals surface area contributed by atoms with Crippen molar-refractivity contribution in [3.63, 3.8) is 0 Å². The Morgan fingerprint density at radius 1 is 0.950 bits per heavy atom. The maximum atomic E-state index is 13.6. The number of aryl methyl sites for hydroxylation is 1. The molecule has 40 heavy (non-hydrogen) atoms. The Kier molecular flexibility index (Phi) is 10.9. The van der Waals surface area contributed by atoms with Crippen molar-refractivity contribution in [1.82, 2.24) is 20.4 Å². The molecule has 0 bridgehead atoms. The first-order valence-electron chi connectivity index (χ1n) is 13.6. The molecule has 3 rings (SSSR count). The van der Waals surface area contributed by atoms with Crippen molar-refractivity contribution in [2.24, 2.45) is 5.92 Å². The van der Waals surface area contributed by atoms with E-state index in [0.717, 1.165) is 5.56 Å². The predicted octanol–water partition coefficient (Wildman–Crippen LogP) is 4.61. The zero-order valence-corrected chi connectivity index (χ0v) is 24.2. The van der Waals surface area contributed by atoms with Gasteiger partial charge in [-0.1, -0.05) is 57.2 Å². The first-order chi connectivity index (χ1) is 19.2. The van der Waals surface area contributed by atoms with Crippen molar-refractivity contribution in [2.45, 2.75) is 59.0 Å². The van der Waals surface area contributed by atoms with Gasteiger partial charge in [0, 0.05) is 6.42 Å². The Bertz CT molecular complexity index is 1280. The Balaban J connectivity index is 1.96. The summed E-state index contributed by atoms with van der Waals surface area (Å²) in [5.74, 6) is 0.412. The zero-order chi connectivity index (χ0) is 29.2. The van der Waals surface area contributed by atoms with Gasteiger partial charge in [-0.05, 0) is 49.4 Å². The molecule has 2 atom stereocenters. The number of carbonyl (C=O) groups excluding carboxylic acids is 3. The molecular formula is C31H40N4O5. The summed E-state index contributed by atoms with van der Waals surface area (Å²) in [7, 11) is 3.16. The molecule has 2 N–H and O–H groups in total. The van der Waals surface area contributed by atoms with Gasteiger partial charge in [-0.2, -0.15) is 5.10 Å². The van der Waals surface area contributed by atoms with Crippen molar-refractivity contribution in [3.8, 4) is 22.8 Å². The molecule has 9 heteroatoms. The topological polar surface area (TPSA) is 112 Å². The zero-order valence-electron chi connectivity index (χ0n) is 24.2. The summed E-state index contributed by atoms with van der Waals surface area (Å²) in [5.41, 5.74) is 2.56. The molecule has 2 aromatic carbocycles. The quantitative estimate of drug-likeness (QED) is 0.304. The third-order valence-electron chi connectivity index (χ3n) is 7.04. The van der Waals surface area contributed by atoms with Crippen LogP contribution in [0.15, 0.2) is 54.6 Å². The van der Waals surface area contributed by atoms with Gasteiger partial charge in [0.25, 0.3) is 5.91 Å². The molecule has 0 saturated carbocycles. The molecule has 0 spiro atoms. The van der Waals surface area contributed by atoms with Crippen LogP contribution in [-0.4, -0.2) is 54.2 Å². The number of ketones is 1. The summed E-state index contributed by atoms with van der Waals surface area (Å²) in [6.45, 7) is 7.86. The fraction of sp³-hybridized carbons (Fsp3) is 0.419. The molecule has 9 nitrogen and oxygen atoms in total. The minimum atomic E-state index is -0.853. The van der Waals surface area contributed by atoms with E-state index in [1.165, 1.54) is 0 Å². The lowest BCUT2D eigenvalue weighted by molar-refractivity contribution is -0.126. The van der Waals surface area contributed by atoms with Gasteiger partial charge in [0.05, 0.1) is 38.1 Å². The van der Waals surface area contributed by atoms with Gasteiger partial charge in [-0.3, -0.25) is 19.1 Å². The van der Waals surface area contributed by atoms with E-state index in [9.17, 15) is 14.4 Å². The Hall–Kier alpha value is -4.14. The highest BCUT2D eigenvalue weighted by atomic mass is 16.5. The number of amides is 2. The number of methoxy groups -OCH3 is 2. The summed E-state index contributed by atoms with van der Waals surface area (Å²) >= 11 is 0. The van der Waals surface area contributed by atoms with E-state index >= 15 is 0 Å². The van der Waals surface area contributed by atoms with Gasteiger partial charge in [0.15, 0.2) is 11.5 Å². The second kappa shape index (κ2) is 14.3. The van der Waals surface area contributed by atoms with E-state index in [4.69, 9.17) is 9.47 Å². The number of nitrogens with zero attached hydrogens (tertiary/aromatic N) is 2. The van der Waals surface area contributed by atoms with Gasteiger partial charge < -0.3 is 20.1 Å². The monoisotopic (exact) mass is 548 g/mol. The molecule has 0 aliphatic rings. The average molecular weight is 549 g/mol. The van der Waals surface area contributed by atoms with Gasteiger partial charge in [0.2, 0.25) is 5.91 Å². The lowest BCUT2D eigenvalue weighted by Gasteiger charge is -2.21. The van der Waals surface area contributed by atoms with E-state index in [2.05, 4.69) is 29.6 Å². The van der Waals surface area contributed by atoms with Crippen molar-refractivity contribution >= 4 is 17.6 Å². The van der Waals surface area contributed by atoms with Crippen LogP contribution in [0.25, 0.3) is 11.3 Å². The van der Waals surface area contributed by atoms with E-state index in [-0.39, 0.29) is 30.0 Å². The largest absolute Gasteiger partial charge is 0.496 e. The summed E-state index contributed by atoms with van der Waals surface area (Å²) in [6.07, 6.45) is 1.25. The molecule has 0 saturated heterocycles. The second-order valence-corrected chi connectivity index (χ2v) is 10.0. The van der Waals surface area contributed by atoms with E-state index < -0.39 is 17.9 Å². The Labute approximate surface area is 236 Å². The fourth-order valence-electron chi connectivity index (χ4n) is 4.28. The van der Waals surface area contributed by atoms with Crippen LogP contribution in [0.4, 0.5) is 0 Å². The van der Waals surface area contributed by atoms with Crippen molar-refractivity contribution < 1.29 is 23.9 Å². The molecule has 1 heterocycles. The van der Waals surface area contributed by atoms with Crippen LogP contribution in [-0.2, 0) is 16.0 Å². The molecule has 0 radical (unpaired) electrons. The van der Waals surface area contributed by atoms with Crippen LogP contribution in [0, 0.1) is 5.92 Å². The lowest BCUT2D eigenvalue weighted by Crippen LogP contribution is -2.48. The Morgan fingerprint density at radius 2 is 1.60 bits per heavy atom. The number of ether oxygens (including phenoxy) is 2. The van der Waals surface area contributed by atoms with Crippen LogP contribution in [0.5, 0.6) is 11.5 Å². The summed E-state index contributed by atoms with van der Waals surface area (Å²) in [4.78, 5) is 38.5. The highest BCUT2D eigenvalue weighted by molar-refractivity contribution is 5.98. The normalized spacial score (nSPS) is 12.5. The molecule has 3 aromatic rings. The minimum Gasteiger partial charge on any atom is -0.496 e. The number of aromatic nitrogens is 2. The maximum Gasteiger partial charge on any atom is 0.272 e. The van der Waals surface area contributed by atoms with Gasteiger partial charge >= 0.3 is 0 Å². The van der Waals surface area contributed by atoms with Crippen LogP contribution in [0.3, 0.4) is 0 Å². The van der Waals surface area contributed by atoms with Crippen molar-refractivity contribution in [3.05, 3.63) is 65.9 Å². The molecule has 214 valence electrons. The van der Waals surface area contributed by atoms with Crippen LogP contribution < -0.4 is 20.1 Å².